The number of esters is 1. The van der Waals surface area contributed by atoms with E-state index in [9.17, 15) is 4.79 Å². The van der Waals surface area contributed by atoms with Gasteiger partial charge in [0.1, 0.15) is 11.3 Å². The van der Waals surface area contributed by atoms with E-state index in [1.165, 1.54) is 0 Å². The van der Waals surface area contributed by atoms with E-state index in [2.05, 4.69) is 15.0 Å². The normalized spacial score (nSPS) is 11.9. The lowest BCUT2D eigenvalue weighted by Crippen LogP contribution is -2.24. The molecule has 0 aliphatic heterocycles. The second-order valence-corrected chi connectivity index (χ2v) is 7.86. The molecule has 3 aromatic heterocycles. The Hall–Kier alpha value is -1.68. The van der Waals surface area contributed by atoms with Crippen LogP contribution in [0.2, 0.25) is 5.15 Å². The number of rotatable bonds is 3. The molecule has 0 saturated heterocycles. The van der Waals surface area contributed by atoms with Crippen molar-refractivity contribution in [3.8, 4) is 11.6 Å². The number of fused-ring (bicyclic) bond motifs is 1. The van der Waals surface area contributed by atoms with Gasteiger partial charge >= 0.3 is 5.97 Å². The summed E-state index contributed by atoms with van der Waals surface area (Å²) in [5, 5.41) is 0.236. The van der Waals surface area contributed by atoms with Crippen molar-refractivity contribution in [3.63, 3.8) is 0 Å². The molecule has 25 heavy (non-hydrogen) atoms. The third kappa shape index (κ3) is 3.64. The molecule has 0 spiro atoms. The number of carbonyl (C=O) groups excluding carboxylic acids is 1. The van der Waals surface area contributed by atoms with Crippen molar-refractivity contribution in [2.45, 2.75) is 34.4 Å². The number of aromatic nitrogens is 4. The van der Waals surface area contributed by atoms with Gasteiger partial charge in [-0.05, 0) is 39.8 Å². The number of ether oxygens (including phenoxy) is 1. The first kappa shape index (κ1) is 18.1. The van der Waals surface area contributed by atoms with Crippen LogP contribution in [0.4, 0.5) is 0 Å². The third-order valence-corrected chi connectivity index (χ3v) is 4.17. The summed E-state index contributed by atoms with van der Waals surface area (Å²) < 4.78 is 13.2. The van der Waals surface area contributed by atoms with E-state index in [1.807, 2.05) is 35.6 Å². The molecule has 0 N–H and O–H groups in total. The number of hydrogen-bond acceptors (Lipinski definition) is 6. The lowest BCUT2D eigenvalue weighted by Gasteiger charge is -2.17. The monoisotopic (exact) mass is 474 g/mol. The Morgan fingerprint density at radius 2 is 2.04 bits per heavy atom. The smallest absolute Gasteiger partial charge is 0.312 e. The molecule has 0 amide bonds. The zero-order chi connectivity index (χ0) is 18.4. The quantitative estimate of drug-likeness (QED) is 0.245. The van der Waals surface area contributed by atoms with E-state index < -0.39 is 5.41 Å². The number of nitrogens with zero attached hydrogens (tertiary/aromatic N) is 4. The predicted octanol–water partition coefficient (Wildman–Crippen LogP) is 4.20. The molecule has 3 heterocycles. The molecule has 3 rings (SSSR count). The van der Waals surface area contributed by atoms with Crippen LogP contribution in [-0.2, 0) is 16.3 Å². The molecule has 0 aliphatic rings. The number of carbonyl (C=O) groups is 1. The summed E-state index contributed by atoms with van der Waals surface area (Å²) in [4.78, 5) is 25.1. The van der Waals surface area contributed by atoms with Gasteiger partial charge in [-0.3, -0.25) is 9.36 Å². The van der Waals surface area contributed by atoms with Crippen LogP contribution in [0.5, 0.6) is 0 Å². The minimum atomic E-state index is -0.612. The van der Waals surface area contributed by atoms with Gasteiger partial charge in [-0.25, -0.2) is 15.0 Å². The maximum Gasteiger partial charge on any atom is 0.312 e. The van der Waals surface area contributed by atoms with Crippen molar-refractivity contribution < 1.29 is 13.9 Å². The highest BCUT2D eigenvalue weighted by molar-refractivity contribution is 14.1. The van der Waals surface area contributed by atoms with Crippen molar-refractivity contribution >= 4 is 51.3 Å². The molecular weight excluding hydrogens is 459 g/mol. The molecular formula is C16H16ClIN4O3. The zero-order valence-electron chi connectivity index (χ0n) is 14.1. The minimum absolute atomic E-state index is 0.0505. The highest BCUT2D eigenvalue weighted by atomic mass is 127. The maximum atomic E-state index is 12.1. The van der Waals surface area contributed by atoms with E-state index in [1.54, 1.807) is 31.4 Å². The molecule has 132 valence electrons. The highest BCUT2D eigenvalue weighted by Crippen LogP contribution is 2.29. The average molecular weight is 475 g/mol. The van der Waals surface area contributed by atoms with Crippen LogP contribution < -0.4 is 0 Å². The van der Waals surface area contributed by atoms with Crippen LogP contribution in [0, 0.1) is 16.2 Å². The second-order valence-electron chi connectivity index (χ2n) is 6.54. The summed E-state index contributed by atoms with van der Waals surface area (Å²) in [5.74, 6) is 1.43. The van der Waals surface area contributed by atoms with Crippen LogP contribution in [0.25, 0.3) is 22.7 Å². The molecule has 0 radical (unpaired) electrons. The van der Waals surface area contributed by atoms with Crippen LogP contribution in [-0.4, -0.2) is 25.5 Å². The molecule has 0 unspecified atom stereocenters. The van der Waals surface area contributed by atoms with E-state index in [0.29, 0.717) is 26.6 Å². The van der Waals surface area contributed by atoms with Gasteiger partial charge in [0.05, 0.1) is 5.41 Å². The Morgan fingerprint density at radius 3 is 2.64 bits per heavy atom. The second kappa shape index (κ2) is 6.56. The molecule has 0 saturated carbocycles. The lowest BCUT2D eigenvalue weighted by molar-refractivity contribution is -0.156. The Morgan fingerprint density at radius 1 is 1.32 bits per heavy atom. The summed E-state index contributed by atoms with van der Waals surface area (Å²) in [6.07, 6.45) is 0. The molecule has 0 fully saturated rings. The van der Waals surface area contributed by atoms with Gasteiger partial charge in [0.25, 0.3) is 0 Å². The molecule has 0 bridgehead atoms. The molecule has 0 aliphatic carbocycles. The van der Waals surface area contributed by atoms with Gasteiger partial charge in [0.2, 0.25) is 0 Å². The summed E-state index contributed by atoms with van der Waals surface area (Å²) in [6, 6.07) is 3.63. The first-order valence-corrected chi connectivity index (χ1v) is 8.96. The number of furan rings is 1. The summed E-state index contributed by atoms with van der Waals surface area (Å²) in [7, 11) is 0. The van der Waals surface area contributed by atoms with Crippen LogP contribution in [0.15, 0.2) is 16.5 Å². The SMILES string of the molecule is Cc1ccc(-c2nc3c(Cl)nc(I)nc3n2COC(=O)C(C)(C)C)o1. The van der Waals surface area contributed by atoms with E-state index in [0.717, 1.165) is 5.76 Å². The van der Waals surface area contributed by atoms with Crippen LogP contribution in [0.1, 0.15) is 26.5 Å². The van der Waals surface area contributed by atoms with E-state index in [4.69, 9.17) is 20.8 Å². The lowest BCUT2D eigenvalue weighted by atomic mass is 9.98. The van der Waals surface area contributed by atoms with E-state index in [-0.39, 0.29) is 17.9 Å². The predicted molar refractivity (Wildman–Crippen MR) is 101 cm³/mol. The van der Waals surface area contributed by atoms with Gasteiger partial charge in [-0.2, -0.15) is 0 Å². The highest BCUT2D eigenvalue weighted by Gasteiger charge is 2.25. The summed E-state index contributed by atoms with van der Waals surface area (Å²) >= 11 is 8.18. The number of imidazole rings is 1. The number of hydrogen-bond donors (Lipinski definition) is 0. The minimum Gasteiger partial charge on any atom is -0.458 e. The van der Waals surface area contributed by atoms with Crippen LogP contribution in [0.3, 0.4) is 0 Å². The molecule has 3 aromatic rings. The number of aryl methyl sites for hydroxylation is 1. The van der Waals surface area contributed by atoms with Crippen molar-refractivity contribution in [2.75, 3.05) is 0 Å². The Kier molecular flexibility index (Phi) is 4.76. The zero-order valence-corrected chi connectivity index (χ0v) is 17.0. The van der Waals surface area contributed by atoms with Crippen molar-refractivity contribution in [3.05, 3.63) is 26.9 Å². The maximum absolute atomic E-state index is 12.1. The fourth-order valence-electron chi connectivity index (χ4n) is 2.15. The summed E-state index contributed by atoms with van der Waals surface area (Å²) in [6.45, 7) is 7.16. The summed E-state index contributed by atoms with van der Waals surface area (Å²) in [5.41, 5.74) is 0.298. The van der Waals surface area contributed by atoms with Gasteiger partial charge in [0, 0.05) is 22.6 Å². The first-order valence-electron chi connectivity index (χ1n) is 7.50. The molecule has 9 heteroatoms. The fraction of sp³-hybridized carbons (Fsp3) is 0.375. The standard InChI is InChI=1S/C16H16ClIN4O3/c1-8-5-6-9(25-8)12-19-10-11(17)20-15(18)21-13(10)22(12)7-24-14(23)16(2,3)4/h5-6H,7H2,1-4H3. The van der Waals surface area contributed by atoms with Crippen molar-refractivity contribution in [2.24, 2.45) is 5.41 Å². The van der Waals surface area contributed by atoms with Crippen molar-refractivity contribution in [1.29, 1.82) is 0 Å². The van der Waals surface area contributed by atoms with E-state index >= 15 is 0 Å². The Balaban J connectivity index is 2.11. The van der Waals surface area contributed by atoms with Crippen molar-refractivity contribution in [1.82, 2.24) is 19.5 Å². The largest absolute Gasteiger partial charge is 0.458 e. The van der Waals surface area contributed by atoms with Crippen LogP contribution >= 0.6 is 34.2 Å². The van der Waals surface area contributed by atoms with Gasteiger partial charge in [-0.15, -0.1) is 0 Å². The van der Waals surface area contributed by atoms with Gasteiger partial charge in [0.15, 0.2) is 32.9 Å². The molecule has 7 nitrogen and oxygen atoms in total. The molecule has 0 aromatic carbocycles. The fourth-order valence-corrected chi connectivity index (χ4v) is 2.97. The Bertz CT molecular complexity index is 958. The third-order valence-electron chi connectivity index (χ3n) is 3.42. The number of halogens is 2. The van der Waals surface area contributed by atoms with Gasteiger partial charge in [-0.1, -0.05) is 11.6 Å². The topological polar surface area (TPSA) is 83.0 Å². The molecule has 0 atom stereocenters. The average Bonchev–Trinajstić information content (AvgIpc) is 3.07. The van der Waals surface area contributed by atoms with Gasteiger partial charge < -0.3 is 9.15 Å². The first-order chi connectivity index (χ1) is 11.7. The Labute approximate surface area is 162 Å².